The molecule has 0 bridgehead atoms. The van der Waals surface area contributed by atoms with E-state index < -0.39 is 14.2 Å². The highest BCUT2D eigenvalue weighted by molar-refractivity contribution is 6.96. The maximum Gasteiger partial charge on any atom is 0.155 e. The molecule has 0 fully saturated rings. The van der Waals surface area contributed by atoms with Gasteiger partial charge in [-0.1, -0.05) is 199 Å². The zero-order valence-electron chi connectivity index (χ0n) is 37.6. The van der Waals surface area contributed by atoms with Crippen LogP contribution in [0.25, 0.3) is 49.4 Å². The van der Waals surface area contributed by atoms with Gasteiger partial charge in [-0.3, -0.25) is 0 Å². The van der Waals surface area contributed by atoms with Crippen LogP contribution in [0.1, 0.15) is 22.3 Å². The highest BCUT2D eigenvalue weighted by atomic mass is 28.3. The third-order valence-corrected chi connectivity index (χ3v) is 17.4. The number of benzene rings is 11. The van der Waals surface area contributed by atoms with Gasteiger partial charge in [-0.25, -0.2) is 0 Å². The van der Waals surface area contributed by atoms with E-state index in [4.69, 9.17) is 4.74 Å². The van der Waals surface area contributed by atoms with Gasteiger partial charge in [0.25, 0.3) is 0 Å². The van der Waals surface area contributed by atoms with Crippen LogP contribution in [0.2, 0.25) is 0 Å². The monoisotopic (exact) mass is 895 g/mol. The summed E-state index contributed by atoms with van der Waals surface area (Å²) in [5.41, 5.74) is 13.5. The summed E-state index contributed by atoms with van der Waals surface area (Å²) in [6.45, 7) is 0. The fraction of sp³-hybridized carbons (Fsp3) is 0.0154. The van der Waals surface area contributed by atoms with Gasteiger partial charge >= 0.3 is 0 Å². The largest absolute Gasteiger partial charge is 0.457 e. The maximum absolute atomic E-state index is 6.83. The van der Waals surface area contributed by atoms with Crippen molar-refractivity contribution in [1.82, 2.24) is 4.57 Å². The van der Waals surface area contributed by atoms with Crippen LogP contribution in [0.3, 0.4) is 0 Å². The Balaban J connectivity index is 1.01. The predicted octanol–water partition coefficient (Wildman–Crippen LogP) is 14.4. The molecule has 14 rings (SSSR count). The third kappa shape index (κ3) is 5.92. The van der Waals surface area contributed by atoms with E-state index in [1.807, 2.05) is 0 Å². The lowest BCUT2D eigenvalue weighted by molar-refractivity contribution is 0.435. The molecule has 0 N–H and O–H groups in total. The third-order valence-electron chi connectivity index (χ3n) is 14.6. The van der Waals surface area contributed by atoms with Crippen LogP contribution in [-0.2, 0) is 5.41 Å². The number of hydrogen-bond acceptors (Lipinski definition) is 2. The minimum atomic E-state index is -1.47. The zero-order chi connectivity index (χ0) is 45.5. The Kier molecular flexibility index (Phi) is 8.98. The Morgan fingerprint density at radius 3 is 1.77 bits per heavy atom. The van der Waals surface area contributed by atoms with Crippen LogP contribution in [0, 0.1) is 0 Å². The number of aromatic nitrogens is 1. The minimum absolute atomic E-state index is 0.651. The lowest BCUT2D eigenvalue weighted by Crippen LogP contribution is -2.62. The molecule has 1 radical (unpaired) electrons. The molecular formula is C65H43N2OSi. The molecule has 3 heterocycles. The first-order chi connectivity index (χ1) is 34.3. The molecule has 2 aliphatic heterocycles. The van der Waals surface area contributed by atoms with Crippen molar-refractivity contribution in [2.24, 2.45) is 0 Å². The minimum Gasteiger partial charge on any atom is -0.457 e. The van der Waals surface area contributed by atoms with E-state index in [-0.39, 0.29) is 0 Å². The van der Waals surface area contributed by atoms with Gasteiger partial charge in [-0.15, -0.1) is 0 Å². The molecule has 1 spiro atoms. The fourth-order valence-corrected chi connectivity index (χ4v) is 14.8. The van der Waals surface area contributed by atoms with Crippen molar-refractivity contribution < 1.29 is 4.74 Å². The lowest BCUT2D eigenvalue weighted by Gasteiger charge is -2.47. The molecule has 4 heteroatoms. The first-order valence-electron chi connectivity index (χ1n) is 23.8. The SMILES string of the molecule is c1ccc(-n2c3ccccc3c3c(-c4ccc(N(c5ccc6c(c5)C5(c7ccccc7Oc7ccccc75)c5ccccc5[Si]6c5ccccc5)c5cccc6ccccc56)cc4)cccc32)cc1. The van der Waals surface area contributed by atoms with Gasteiger partial charge in [0.1, 0.15) is 11.5 Å². The molecule has 12 aromatic rings. The molecule has 323 valence electrons. The van der Waals surface area contributed by atoms with Crippen molar-refractivity contribution in [3.05, 3.63) is 283 Å². The van der Waals surface area contributed by atoms with Crippen LogP contribution in [-0.4, -0.2) is 13.4 Å². The highest BCUT2D eigenvalue weighted by Gasteiger charge is 2.52. The smallest absolute Gasteiger partial charge is 0.155 e. The van der Waals surface area contributed by atoms with E-state index in [1.165, 1.54) is 70.4 Å². The first kappa shape index (κ1) is 39.5. The second kappa shape index (κ2) is 15.7. The molecule has 11 aromatic carbocycles. The van der Waals surface area contributed by atoms with Gasteiger partial charge in [0.05, 0.1) is 22.1 Å². The fourth-order valence-electron chi connectivity index (χ4n) is 11.7. The maximum atomic E-state index is 6.83. The molecule has 0 aliphatic carbocycles. The standard InChI is InChI=1S/C65H43N2OSi/c1-3-21-46(22-4-1)67-58-31-13-9-26-52(58)64-51(27-18-33-59(64)67)45-37-39-47(40-38-45)66(57-32-17-20-44-19-7-8-25-50(44)57)48-41-42-63-56(43-48)65(53-28-10-14-34-60(53)68-61-35-15-11-29-54(61)65)55-30-12-16-36-62(55)69(63)49-23-5-2-6-24-49/h1-43H. The van der Waals surface area contributed by atoms with Crippen LogP contribution in [0.15, 0.2) is 261 Å². The molecule has 69 heavy (non-hydrogen) atoms. The van der Waals surface area contributed by atoms with Crippen LogP contribution in [0.5, 0.6) is 11.5 Å². The van der Waals surface area contributed by atoms with Gasteiger partial charge in [0, 0.05) is 44.3 Å². The number of fused-ring (bicyclic) bond motifs is 12. The Morgan fingerprint density at radius 1 is 0.406 bits per heavy atom. The number of para-hydroxylation sites is 4. The zero-order valence-corrected chi connectivity index (χ0v) is 38.6. The van der Waals surface area contributed by atoms with Crippen LogP contribution >= 0.6 is 0 Å². The van der Waals surface area contributed by atoms with Gasteiger partial charge in [0.2, 0.25) is 0 Å². The van der Waals surface area contributed by atoms with E-state index in [1.54, 1.807) is 0 Å². The Morgan fingerprint density at radius 2 is 0.986 bits per heavy atom. The Bertz CT molecular complexity index is 3900. The topological polar surface area (TPSA) is 17.4 Å². The molecule has 2 aliphatic rings. The second-order valence-corrected chi connectivity index (χ2v) is 20.5. The summed E-state index contributed by atoms with van der Waals surface area (Å²) >= 11 is 0. The lowest BCUT2D eigenvalue weighted by atomic mass is 9.63. The first-order valence-corrected chi connectivity index (χ1v) is 25.3. The van der Waals surface area contributed by atoms with E-state index in [2.05, 4.69) is 270 Å². The average molecular weight is 896 g/mol. The van der Waals surface area contributed by atoms with Crippen molar-refractivity contribution >= 4 is 74.0 Å². The summed E-state index contributed by atoms with van der Waals surface area (Å²) in [6.07, 6.45) is 0. The van der Waals surface area contributed by atoms with E-state index in [9.17, 15) is 0 Å². The Labute approximate surface area is 403 Å². The Hall–Kier alpha value is -8.70. The number of ether oxygens (including phenoxy) is 1. The van der Waals surface area contributed by atoms with Gasteiger partial charge in [0.15, 0.2) is 8.80 Å². The van der Waals surface area contributed by atoms with Crippen molar-refractivity contribution in [1.29, 1.82) is 0 Å². The number of anilines is 3. The molecule has 0 atom stereocenters. The summed E-state index contributed by atoms with van der Waals surface area (Å²) in [5, 5.41) is 9.05. The molecular weight excluding hydrogens is 853 g/mol. The number of hydrogen-bond donors (Lipinski definition) is 0. The molecule has 3 nitrogen and oxygen atoms in total. The molecule has 0 amide bonds. The van der Waals surface area contributed by atoms with Crippen molar-refractivity contribution in [3.63, 3.8) is 0 Å². The van der Waals surface area contributed by atoms with Crippen molar-refractivity contribution in [3.8, 4) is 28.3 Å². The molecule has 1 aromatic heterocycles. The van der Waals surface area contributed by atoms with Crippen LogP contribution < -0.4 is 25.2 Å². The van der Waals surface area contributed by atoms with E-state index in [0.717, 1.165) is 45.4 Å². The average Bonchev–Trinajstić information content (AvgIpc) is 3.76. The number of rotatable bonds is 6. The second-order valence-electron chi connectivity index (χ2n) is 18.1. The molecule has 0 saturated carbocycles. The predicted molar refractivity (Wildman–Crippen MR) is 288 cm³/mol. The van der Waals surface area contributed by atoms with Crippen molar-refractivity contribution in [2.45, 2.75) is 5.41 Å². The van der Waals surface area contributed by atoms with Gasteiger partial charge < -0.3 is 14.2 Å². The van der Waals surface area contributed by atoms with E-state index in [0.29, 0.717) is 0 Å². The summed E-state index contributed by atoms with van der Waals surface area (Å²) < 4.78 is 9.22. The quantitative estimate of drug-likeness (QED) is 0.155. The number of nitrogens with zero attached hydrogens (tertiary/aromatic N) is 2. The summed E-state index contributed by atoms with van der Waals surface area (Å²) in [6, 6.07) is 96.1. The highest BCUT2D eigenvalue weighted by Crippen LogP contribution is 2.56. The molecule has 0 saturated heterocycles. The molecule has 0 unspecified atom stereocenters. The normalized spacial score (nSPS) is 13.4. The van der Waals surface area contributed by atoms with Crippen molar-refractivity contribution in [2.75, 3.05) is 4.90 Å². The van der Waals surface area contributed by atoms with Gasteiger partial charge in [-0.2, -0.15) is 0 Å². The summed E-state index contributed by atoms with van der Waals surface area (Å²) in [7, 11) is -1.47. The van der Waals surface area contributed by atoms with Crippen LogP contribution in [0.4, 0.5) is 17.1 Å². The van der Waals surface area contributed by atoms with Gasteiger partial charge in [-0.05, 0) is 105 Å². The van der Waals surface area contributed by atoms with E-state index >= 15 is 0 Å². The summed E-state index contributed by atoms with van der Waals surface area (Å²) in [5.74, 6) is 1.78. The summed E-state index contributed by atoms with van der Waals surface area (Å²) in [4.78, 5) is 2.48.